The van der Waals surface area contributed by atoms with Gasteiger partial charge < -0.3 is 71.1 Å². The molecular formula is C85H119Cl4N21O13S3. The molecule has 34 nitrogen and oxygen atoms in total. The van der Waals surface area contributed by atoms with E-state index < -0.39 is 56.5 Å². The Morgan fingerprint density at radius 3 is 1.08 bits per heavy atom. The van der Waals surface area contributed by atoms with Crippen LogP contribution < -0.4 is 51.8 Å². The van der Waals surface area contributed by atoms with E-state index in [4.69, 9.17) is 75.8 Å². The number of nitrogens with two attached hydrogens (primary N) is 1. The van der Waals surface area contributed by atoms with E-state index in [1.165, 1.54) is 50.0 Å². The summed E-state index contributed by atoms with van der Waals surface area (Å²) in [4.78, 5) is 53.5. The molecule has 126 heavy (non-hydrogen) atoms. The Balaban J connectivity index is 0.000000198. The number of piperidine rings is 3. The minimum atomic E-state index is -3.66. The molecule has 0 radical (unpaired) electrons. The summed E-state index contributed by atoms with van der Waals surface area (Å²) < 4.78 is 109. The summed E-state index contributed by atoms with van der Waals surface area (Å²) in [6.07, 6.45) is 14.0. The van der Waals surface area contributed by atoms with Gasteiger partial charge in [-0.3, -0.25) is 14.0 Å². The highest BCUT2D eigenvalue weighted by Crippen LogP contribution is 2.41. The molecule has 12 rings (SSSR count). The minimum Gasteiger partial charge on any atom is -0.489 e. The number of nitrogens with zero attached hydrogens (tertiary/aromatic N) is 14. The van der Waals surface area contributed by atoms with Crippen molar-refractivity contribution in [2.24, 2.45) is 21.1 Å². The molecule has 688 valence electrons. The smallest absolute Gasteiger partial charge is 0.410 e. The lowest BCUT2D eigenvalue weighted by Gasteiger charge is -2.33. The molecule has 41 heteroatoms. The van der Waals surface area contributed by atoms with Crippen molar-refractivity contribution in [1.29, 1.82) is 0 Å². The molecule has 0 unspecified atom stereocenters. The Bertz CT molecular complexity index is 5600. The van der Waals surface area contributed by atoms with Gasteiger partial charge in [0, 0.05) is 65.9 Å². The van der Waals surface area contributed by atoms with E-state index in [0.717, 1.165) is 74.4 Å². The number of carbonyl (C=O) groups excluding carboxylic acids is 2. The number of carbonyl (C=O) groups is 2. The lowest BCUT2D eigenvalue weighted by Crippen LogP contribution is -2.41. The SMILES string of the molecule is CC(C)Oc1cc(C2CCN(C(=O)OC(C)(C)C)CC2)ccc1N.CC(C)Oc1cc(C2CCN(C(=O)OC(C)(C)C)CC2)ccc1Nc1ncc(Cl)c(Nc2cn(C)nc2S(=O)(=O)C(C)C)n1.CC(C)Oc1cc(C2CCNCC2)ccc1Nc1ncc(Cl)c(Nc2cn(C)nc2S(=O)(=O)C(C)C)n1.CC(C)S(=O)(=O)c1nn(C)cc1Nc1nc(Cl)ncc1Cl. The number of anilines is 11. The molecule has 3 aromatic carbocycles. The fraction of sp³-hybridized carbons (Fsp3) is 0.518. The predicted molar refractivity (Wildman–Crippen MR) is 495 cm³/mol. The number of hydrogen-bond acceptors (Lipinski definition) is 29. The van der Waals surface area contributed by atoms with Crippen LogP contribution in [-0.2, 0) is 60.1 Å². The Morgan fingerprint density at radius 2 is 0.746 bits per heavy atom. The maximum atomic E-state index is 12.9. The van der Waals surface area contributed by atoms with Crippen LogP contribution in [0.2, 0.25) is 20.4 Å². The van der Waals surface area contributed by atoms with Crippen LogP contribution in [0.15, 0.2) is 107 Å². The third-order valence-electron chi connectivity index (χ3n) is 19.7. The van der Waals surface area contributed by atoms with E-state index in [0.29, 0.717) is 55.1 Å². The van der Waals surface area contributed by atoms with Crippen molar-refractivity contribution >= 4 is 152 Å². The average Bonchev–Trinajstić information content (AvgIpc) is 1.53. The molecule has 0 aliphatic carbocycles. The van der Waals surface area contributed by atoms with Crippen molar-refractivity contribution in [3.05, 3.63) is 129 Å². The highest BCUT2D eigenvalue weighted by molar-refractivity contribution is 7.92. The maximum Gasteiger partial charge on any atom is 0.410 e. The summed E-state index contributed by atoms with van der Waals surface area (Å²) in [5, 5.41) is 29.6. The molecule has 8 N–H and O–H groups in total. The van der Waals surface area contributed by atoms with E-state index in [9.17, 15) is 34.8 Å². The first-order valence-corrected chi connectivity index (χ1v) is 47.8. The molecule has 3 fully saturated rings. The number of nitrogens with one attached hydrogen (secondary N) is 6. The standard InChI is InChI=1S/C30H42ClN7O5S.C25H34ClN7O3S.C19H30N2O3.C11H13Cl2N5O2S/c1-18(2)42-25-15-21(20-11-13-38(14-12-20)29(39)43-30(5,6)7)9-10-23(25)34-28-32-16-22(31)26(35-28)33-24-17-37(8)36-27(24)44(40,41)19(3)4;1-15(2)36-22-12-18(17-8-10-27-11-9-17)6-7-20(22)30-25-28-13-19(26)23(31-25)29-21-14-33(5)32-24(21)37(34,35)16(3)4;1-13(2)23-17-12-15(6-7-16(17)20)14-8-10-21(11-9-14)18(22)24-19(3,4)5;1-6(2)21(19,20)10-8(5-18(3)17-10)15-9-7(12)4-14-11(13)16-9/h9-10,15-20H,11-14H2,1-8H3,(H2,32,33,34,35);6-7,12-17,27H,8-11H2,1-5H3,(H2,28,29,30,31);6-7,12-14H,8-11,20H2,1-5H3;4-6H,1-3H3,(H,14,15,16). The highest BCUT2D eigenvalue weighted by Gasteiger charge is 2.34. The number of ether oxygens (including phenoxy) is 5. The molecule has 6 aromatic heterocycles. The zero-order valence-electron chi connectivity index (χ0n) is 75.2. The molecule has 2 amide bonds. The number of benzene rings is 3. The topological polar surface area (TPSA) is 418 Å². The van der Waals surface area contributed by atoms with E-state index in [1.807, 2.05) is 119 Å². The second kappa shape index (κ2) is 42.9. The van der Waals surface area contributed by atoms with Crippen LogP contribution in [0, 0.1) is 0 Å². The van der Waals surface area contributed by atoms with Crippen LogP contribution in [-0.4, -0.2) is 191 Å². The summed E-state index contributed by atoms with van der Waals surface area (Å²) in [7, 11) is -5.91. The van der Waals surface area contributed by atoms with Crippen molar-refractivity contribution in [3.63, 3.8) is 0 Å². The zero-order chi connectivity index (χ0) is 92.8. The lowest BCUT2D eigenvalue weighted by atomic mass is 9.89. The van der Waals surface area contributed by atoms with Crippen LogP contribution >= 0.6 is 46.4 Å². The molecule has 9 heterocycles. The molecule has 3 saturated heterocycles. The monoisotopic (exact) mass is 1880 g/mol. The van der Waals surface area contributed by atoms with Gasteiger partial charge in [-0.2, -0.15) is 30.2 Å². The second-order valence-electron chi connectivity index (χ2n) is 34.4. The Morgan fingerprint density at radius 1 is 0.437 bits per heavy atom. The van der Waals surface area contributed by atoms with Crippen molar-refractivity contribution in [2.75, 3.05) is 71.6 Å². The summed E-state index contributed by atoms with van der Waals surface area (Å²) in [6, 6.07) is 18.2. The van der Waals surface area contributed by atoms with Gasteiger partial charge in [-0.1, -0.05) is 53.0 Å². The van der Waals surface area contributed by atoms with Gasteiger partial charge in [0.2, 0.25) is 61.8 Å². The maximum absolute atomic E-state index is 12.9. The highest BCUT2D eigenvalue weighted by atomic mass is 35.5. The minimum absolute atomic E-state index is 0.000873. The van der Waals surface area contributed by atoms with Gasteiger partial charge in [0.1, 0.15) is 43.5 Å². The van der Waals surface area contributed by atoms with Gasteiger partial charge in [0.15, 0.2) is 17.5 Å². The summed E-state index contributed by atoms with van der Waals surface area (Å²) >= 11 is 24.4. The van der Waals surface area contributed by atoms with Crippen LogP contribution in [0.5, 0.6) is 17.2 Å². The van der Waals surface area contributed by atoms with Gasteiger partial charge in [-0.25, -0.2) is 49.8 Å². The lowest BCUT2D eigenvalue weighted by molar-refractivity contribution is 0.0194. The Hall–Kier alpha value is -9.76. The van der Waals surface area contributed by atoms with E-state index in [-0.39, 0.29) is 118 Å². The predicted octanol–water partition coefficient (Wildman–Crippen LogP) is 17.8. The average molecular weight is 1880 g/mol. The number of amides is 2. The zero-order valence-corrected chi connectivity index (χ0v) is 80.7. The number of sulfone groups is 3. The Kier molecular flexibility index (Phi) is 34.0. The number of rotatable bonds is 25. The third kappa shape index (κ3) is 27.6. The van der Waals surface area contributed by atoms with E-state index in [1.54, 1.807) is 84.9 Å². The molecule has 9 aromatic rings. The van der Waals surface area contributed by atoms with Gasteiger partial charge in [-0.15, -0.1) is 0 Å². The second-order valence-corrected chi connectivity index (χ2v) is 43.2. The van der Waals surface area contributed by atoms with Crippen LogP contribution in [0.3, 0.4) is 0 Å². The molecule has 0 atom stereocenters. The van der Waals surface area contributed by atoms with Crippen LogP contribution in [0.1, 0.15) is 198 Å². The normalized spacial score (nSPS) is 14.6. The van der Waals surface area contributed by atoms with Crippen molar-refractivity contribution < 1.29 is 58.5 Å². The third-order valence-corrected chi connectivity index (χ3v) is 27.0. The number of aromatic nitrogens is 12. The van der Waals surface area contributed by atoms with E-state index >= 15 is 0 Å². The molecule has 0 bridgehead atoms. The quantitative estimate of drug-likeness (QED) is 0.0206. The largest absolute Gasteiger partial charge is 0.489 e. The van der Waals surface area contributed by atoms with Crippen molar-refractivity contribution in [1.82, 2.24) is 74.4 Å². The molecular weight excluding hydrogens is 1760 g/mol. The van der Waals surface area contributed by atoms with E-state index in [2.05, 4.69) is 95.3 Å². The fourth-order valence-electron chi connectivity index (χ4n) is 13.3. The first kappa shape index (κ1) is 100. The number of aryl methyl sites for hydroxylation is 3. The Labute approximate surface area is 759 Å². The van der Waals surface area contributed by atoms with Gasteiger partial charge in [0.25, 0.3) is 0 Å². The van der Waals surface area contributed by atoms with Crippen LogP contribution in [0.25, 0.3) is 0 Å². The fourth-order valence-corrected chi connectivity index (χ4v) is 17.1. The molecule has 3 aliphatic rings. The van der Waals surface area contributed by atoms with Crippen LogP contribution in [0.4, 0.5) is 73.1 Å². The number of likely N-dealkylation sites (tertiary alicyclic amines) is 2. The first-order valence-electron chi connectivity index (χ1n) is 41.7. The van der Waals surface area contributed by atoms with Crippen molar-refractivity contribution in [2.45, 2.75) is 241 Å². The molecule has 3 aliphatic heterocycles. The summed E-state index contributed by atoms with van der Waals surface area (Å²) in [5.74, 6) is 4.48. The number of hydrogen-bond donors (Lipinski definition) is 7. The number of halogens is 4. The molecule has 0 saturated carbocycles. The van der Waals surface area contributed by atoms with Gasteiger partial charge in [-0.05, 0) is 259 Å². The van der Waals surface area contributed by atoms with Gasteiger partial charge in [0.05, 0.1) is 86.8 Å². The molecule has 0 spiro atoms. The van der Waals surface area contributed by atoms with Crippen molar-refractivity contribution in [3.8, 4) is 17.2 Å². The summed E-state index contributed by atoms with van der Waals surface area (Å²) in [6.45, 7) is 37.4. The summed E-state index contributed by atoms with van der Waals surface area (Å²) in [5.41, 5.74) is 11.5. The first-order chi connectivity index (χ1) is 58.9. The number of nitrogen functional groups attached to an aromatic ring is 1. The van der Waals surface area contributed by atoms with Gasteiger partial charge >= 0.3 is 12.2 Å².